The van der Waals surface area contributed by atoms with E-state index in [2.05, 4.69) is 19.2 Å². The highest BCUT2D eigenvalue weighted by molar-refractivity contribution is 5.06. The molecule has 0 spiro atoms. The van der Waals surface area contributed by atoms with Gasteiger partial charge >= 0.3 is 0 Å². The summed E-state index contributed by atoms with van der Waals surface area (Å²) in [5.74, 6) is 1.02. The van der Waals surface area contributed by atoms with Crippen LogP contribution >= 0.6 is 0 Å². The molecule has 15 heavy (non-hydrogen) atoms. The molecule has 84 valence electrons. The number of ether oxygens (including phenoxy) is 1. The first-order valence-electron chi connectivity index (χ1n) is 5.74. The molecule has 1 fully saturated rings. The molecule has 2 rings (SSSR count). The minimum absolute atomic E-state index is 0.157. The average molecular weight is 209 g/mol. The smallest absolute Gasteiger partial charge is 0.120 e. The van der Waals surface area contributed by atoms with Crippen molar-refractivity contribution in [3.63, 3.8) is 0 Å². The highest BCUT2D eigenvalue weighted by Gasteiger charge is 2.34. The normalized spacial score (nSPS) is 25.3. The fraction of sp³-hybridized carbons (Fsp3) is 0.667. The van der Waals surface area contributed by atoms with Crippen molar-refractivity contribution in [2.24, 2.45) is 0 Å². The predicted octanol–water partition coefficient (Wildman–Crippen LogP) is 2.85. The summed E-state index contributed by atoms with van der Waals surface area (Å²) in [5, 5.41) is 3.55. The molecule has 1 aliphatic heterocycles. The van der Waals surface area contributed by atoms with E-state index in [1.165, 1.54) is 0 Å². The first-order chi connectivity index (χ1) is 7.29. The van der Waals surface area contributed by atoms with Crippen molar-refractivity contribution in [1.82, 2.24) is 5.32 Å². The van der Waals surface area contributed by atoms with Crippen LogP contribution in [0.5, 0.6) is 0 Å². The zero-order chi connectivity index (χ0) is 10.7. The topological polar surface area (TPSA) is 34.4 Å². The molecule has 0 saturated carbocycles. The largest absolute Gasteiger partial charge is 0.468 e. The maximum Gasteiger partial charge on any atom is 0.120 e. The molecule has 3 heteroatoms. The van der Waals surface area contributed by atoms with E-state index >= 15 is 0 Å². The van der Waals surface area contributed by atoms with Crippen LogP contribution in [0.1, 0.15) is 44.9 Å². The van der Waals surface area contributed by atoms with Crippen LogP contribution in [-0.4, -0.2) is 12.3 Å². The molecule has 3 nitrogen and oxygen atoms in total. The first kappa shape index (κ1) is 10.7. The molecule has 1 unspecified atom stereocenters. The Morgan fingerprint density at radius 1 is 1.47 bits per heavy atom. The Bertz CT molecular complexity index is 291. The second-order valence-electron chi connectivity index (χ2n) is 4.05. The number of rotatable bonds is 3. The molecule has 1 aliphatic rings. The monoisotopic (exact) mass is 209 g/mol. The quantitative estimate of drug-likeness (QED) is 0.831. The van der Waals surface area contributed by atoms with Gasteiger partial charge in [-0.15, -0.1) is 0 Å². The van der Waals surface area contributed by atoms with Gasteiger partial charge in [0.15, 0.2) is 0 Å². The lowest BCUT2D eigenvalue weighted by atomic mass is 10.0. The summed E-state index contributed by atoms with van der Waals surface area (Å²) >= 11 is 0. The van der Waals surface area contributed by atoms with Crippen LogP contribution in [-0.2, 0) is 4.74 Å². The zero-order valence-corrected chi connectivity index (χ0v) is 9.45. The molecule has 0 bridgehead atoms. The molecule has 0 aromatic carbocycles. The van der Waals surface area contributed by atoms with Crippen molar-refractivity contribution >= 4 is 0 Å². The highest BCUT2D eigenvalue weighted by Crippen LogP contribution is 2.30. The standard InChI is InChI=1S/C12H19NO2/c1-3-12(4-2)13-10(7-9-15-12)11-6-5-8-14-11/h5-6,8,10,13H,3-4,7,9H2,1-2H3. The fourth-order valence-corrected chi connectivity index (χ4v) is 2.16. The first-order valence-corrected chi connectivity index (χ1v) is 5.74. The third-order valence-corrected chi connectivity index (χ3v) is 3.25. The third kappa shape index (κ3) is 2.08. The molecule has 1 aromatic heterocycles. The van der Waals surface area contributed by atoms with E-state index in [0.29, 0.717) is 6.04 Å². The van der Waals surface area contributed by atoms with Crippen molar-refractivity contribution in [2.45, 2.75) is 44.9 Å². The molecule has 0 amide bonds. The van der Waals surface area contributed by atoms with E-state index in [0.717, 1.165) is 31.6 Å². The number of hydrogen-bond acceptors (Lipinski definition) is 3. The van der Waals surface area contributed by atoms with Gasteiger partial charge in [-0.1, -0.05) is 13.8 Å². The Hall–Kier alpha value is -0.800. The molecule has 1 aromatic rings. The van der Waals surface area contributed by atoms with Gasteiger partial charge in [-0.25, -0.2) is 0 Å². The molecular weight excluding hydrogens is 190 g/mol. The van der Waals surface area contributed by atoms with E-state index in [9.17, 15) is 0 Å². The SMILES string of the molecule is CCC1(CC)NC(c2ccco2)CCO1. The van der Waals surface area contributed by atoms with Crippen molar-refractivity contribution in [3.05, 3.63) is 24.2 Å². The van der Waals surface area contributed by atoms with Gasteiger partial charge < -0.3 is 9.15 Å². The van der Waals surface area contributed by atoms with Gasteiger partial charge in [-0.3, -0.25) is 5.32 Å². The lowest BCUT2D eigenvalue weighted by Crippen LogP contribution is -2.52. The van der Waals surface area contributed by atoms with E-state index in [4.69, 9.17) is 9.15 Å². The summed E-state index contributed by atoms with van der Waals surface area (Å²) in [6.45, 7) is 5.11. The number of hydrogen-bond donors (Lipinski definition) is 1. The number of furan rings is 1. The van der Waals surface area contributed by atoms with Gasteiger partial charge in [0.2, 0.25) is 0 Å². The minimum Gasteiger partial charge on any atom is -0.468 e. The van der Waals surface area contributed by atoms with Crippen molar-refractivity contribution in [1.29, 1.82) is 0 Å². The highest BCUT2D eigenvalue weighted by atomic mass is 16.5. The zero-order valence-electron chi connectivity index (χ0n) is 9.45. The Morgan fingerprint density at radius 3 is 2.87 bits per heavy atom. The molecule has 1 atom stereocenters. The summed E-state index contributed by atoms with van der Waals surface area (Å²) in [5.41, 5.74) is -0.157. The van der Waals surface area contributed by atoms with Crippen LogP contribution in [0.25, 0.3) is 0 Å². The van der Waals surface area contributed by atoms with Crippen molar-refractivity contribution < 1.29 is 9.15 Å². The number of nitrogens with one attached hydrogen (secondary N) is 1. The minimum atomic E-state index is -0.157. The molecule has 0 aliphatic carbocycles. The Labute approximate surface area is 90.8 Å². The van der Waals surface area contributed by atoms with Gasteiger partial charge in [0.25, 0.3) is 0 Å². The van der Waals surface area contributed by atoms with Crippen LogP contribution < -0.4 is 5.32 Å². The molecule has 1 saturated heterocycles. The van der Waals surface area contributed by atoms with E-state index < -0.39 is 0 Å². The maximum absolute atomic E-state index is 5.84. The Kier molecular flexibility index (Phi) is 3.12. The van der Waals surface area contributed by atoms with Gasteiger partial charge in [-0.05, 0) is 31.4 Å². The summed E-state index contributed by atoms with van der Waals surface area (Å²) < 4.78 is 11.3. The molecule has 1 N–H and O–H groups in total. The van der Waals surface area contributed by atoms with Gasteiger partial charge in [0.1, 0.15) is 11.5 Å². The van der Waals surface area contributed by atoms with E-state index in [1.54, 1.807) is 6.26 Å². The van der Waals surface area contributed by atoms with Crippen LogP contribution in [0, 0.1) is 0 Å². The lowest BCUT2D eigenvalue weighted by molar-refractivity contribution is -0.118. The fourth-order valence-electron chi connectivity index (χ4n) is 2.16. The molecular formula is C12H19NO2. The van der Waals surface area contributed by atoms with E-state index in [-0.39, 0.29) is 5.72 Å². The molecule has 2 heterocycles. The Morgan fingerprint density at radius 2 is 2.27 bits per heavy atom. The van der Waals surface area contributed by atoms with Crippen LogP contribution in [0.4, 0.5) is 0 Å². The molecule has 0 radical (unpaired) electrons. The Balaban J connectivity index is 2.10. The summed E-state index contributed by atoms with van der Waals surface area (Å²) in [6.07, 6.45) is 4.68. The average Bonchev–Trinajstić information content (AvgIpc) is 2.82. The van der Waals surface area contributed by atoms with Crippen molar-refractivity contribution in [3.8, 4) is 0 Å². The van der Waals surface area contributed by atoms with Gasteiger partial charge in [0.05, 0.1) is 18.9 Å². The second kappa shape index (κ2) is 4.37. The third-order valence-electron chi connectivity index (χ3n) is 3.25. The van der Waals surface area contributed by atoms with Crippen molar-refractivity contribution in [2.75, 3.05) is 6.61 Å². The van der Waals surface area contributed by atoms with Crippen LogP contribution in [0.15, 0.2) is 22.8 Å². The predicted molar refractivity (Wildman–Crippen MR) is 58.5 cm³/mol. The summed E-state index contributed by atoms with van der Waals surface area (Å²) in [6, 6.07) is 4.26. The van der Waals surface area contributed by atoms with Crippen LogP contribution in [0.2, 0.25) is 0 Å². The van der Waals surface area contributed by atoms with Gasteiger partial charge in [-0.2, -0.15) is 0 Å². The summed E-state index contributed by atoms with van der Waals surface area (Å²) in [7, 11) is 0. The van der Waals surface area contributed by atoms with E-state index in [1.807, 2.05) is 12.1 Å². The van der Waals surface area contributed by atoms with Crippen LogP contribution in [0.3, 0.4) is 0 Å². The second-order valence-corrected chi connectivity index (χ2v) is 4.05. The maximum atomic E-state index is 5.84. The van der Waals surface area contributed by atoms with Gasteiger partial charge in [0, 0.05) is 0 Å². The summed E-state index contributed by atoms with van der Waals surface area (Å²) in [4.78, 5) is 0. The lowest BCUT2D eigenvalue weighted by Gasteiger charge is -2.40.